The molecule has 1 saturated carbocycles. The molecule has 10 heavy (non-hydrogen) atoms. The van der Waals surface area contributed by atoms with Crippen LogP contribution >= 0.6 is 0 Å². The third-order valence-corrected chi connectivity index (χ3v) is 2.31. The van der Waals surface area contributed by atoms with Gasteiger partial charge in [-0.3, -0.25) is 0 Å². The minimum Gasteiger partial charge on any atom is -0.311 e. The van der Waals surface area contributed by atoms with Gasteiger partial charge in [0.05, 0.1) is 0 Å². The van der Waals surface area contributed by atoms with E-state index in [9.17, 15) is 0 Å². The van der Waals surface area contributed by atoms with Crippen molar-refractivity contribution in [2.75, 3.05) is 0 Å². The Hall–Kier alpha value is 0.597. The average molecular weight is 132 g/mol. The van der Waals surface area contributed by atoms with Crippen molar-refractivity contribution in [1.29, 1.82) is 0 Å². The molecule has 0 aliphatic heterocycles. The first-order valence-electron chi connectivity index (χ1n) is 4.15. The zero-order chi connectivity index (χ0) is 6.69. The summed E-state index contributed by atoms with van der Waals surface area (Å²) in [7, 11) is 0. The maximum absolute atomic E-state index is 2.32. The maximum atomic E-state index is 2.32. The zero-order valence-corrected chi connectivity index (χ0v) is 7.61. The molecule has 0 saturated heterocycles. The second-order valence-electron chi connectivity index (χ2n) is 3.37. The second-order valence-corrected chi connectivity index (χ2v) is 3.37. The Bertz CT molecular complexity index is 72.8. The van der Waals surface area contributed by atoms with Gasteiger partial charge in [0, 0.05) is 0 Å². The molecule has 0 N–H and O–H groups in total. The van der Waals surface area contributed by atoms with Gasteiger partial charge in [0.1, 0.15) is 0 Å². The van der Waals surface area contributed by atoms with Crippen molar-refractivity contribution in [2.24, 2.45) is 5.92 Å². The second kappa shape index (κ2) is 5.27. The van der Waals surface area contributed by atoms with E-state index in [4.69, 9.17) is 0 Å². The van der Waals surface area contributed by atoms with Crippen molar-refractivity contribution in [3.8, 4) is 0 Å². The first-order valence-corrected chi connectivity index (χ1v) is 4.15. The fourth-order valence-electron chi connectivity index (χ4n) is 1.58. The molecule has 0 atom stereocenters. The van der Waals surface area contributed by atoms with E-state index in [0.29, 0.717) is 0 Å². The van der Waals surface area contributed by atoms with Crippen molar-refractivity contribution in [3.05, 3.63) is 5.92 Å². The minimum absolute atomic E-state index is 0. The molecular weight excluding hydrogens is 115 g/mol. The molecule has 0 radical (unpaired) electrons. The standard InChI is InChI=1S/C9H17.Li/c1-8(2)9-6-4-3-5-7-9;/h8H,3-7H2,1-2H3;/q-1;+1. The molecule has 54 valence electrons. The summed E-state index contributed by atoms with van der Waals surface area (Å²) in [6.07, 6.45) is 7.20. The van der Waals surface area contributed by atoms with Crippen molar-refractivity contribution >= 4 is 0 Å². The molecule has 1 rings (SSSR count). The molecule has 1 heteroatoms. The molecule has 0 unspecified atom stereocenters. The molecule has 0 aromatic carbocycles. The van der Waals surface area contributed by atoms with E-state index in [1.807, 2.05) is 0 Å². The Morgan fingerprint density at radius 2 is 1.50 bits per heavy atom. The van der Waals surface area contributed by atoms with Crippen LogP contribution < -0.4 is 18.9 Å². The van der Waals surface area contributed by atoms with Crippen molar-refractivity contribution < 1.29 is 18.9 Å². The van der Waals surface area contributed by atoms with E-state index in [1.165, 1.54) is 32.1 Å². The van der Waals surface area contributed by atoms with Gasteiger partial charge in [0.15, 0.2) is 0 Å². The molecule has 0 spiro atoms. The summed E-state index contributed by atoms with van der Waals surface area (Å²) in [4.78, 5) is 0. The van der Waals surface area contributed by atoms with Crippen molar-refractivity contribution in [1.82, 2.24) is 0 Å². The Balaban J connectivity index is 0.000000810. The van der Waals surface area contributed by atoms with Gasteiger partial charge in [0.25, 0.3) is 0 Å². The SMILES string of the molecule is CC(C)[C-]1CCCCC1.[Li+]. The monoisotopic (exact) mass is 132 g/mol. The normalized spacial score (nSPS) is 20.7. The first kappa shape index (κ1) is 10.6. The molecule has 0 aromatic heterocycles. The van der Waals surface area contributed by atoms with Gasteiger partial charge in [-0.2, -0.15) is 18.8 Å². The summed E-state index contributed by atoms with van der Waals surface area (Å²) in [5, 5.41) is 0. The minimum atomic E-state index is 0. The van der Waals surface area contributed by atoms with Gasteiger partial charge < -0.3 is 5.92 Å². The molecular formula is C9H17Li. The fraction of sp³-hybridized carbons (Fsp3) is 0.889. The fourth-order valence-corrected chi connectivity index (χ4v) is 1.58. The van der Waals surface area contributed by atoms with E-state index in [-0.39, 0.29) is 18.9 Å². The summed E-state index contributed by atoms with van der Waals surface area (Å²) in [5.74, 6) is 2.66. The summed E-state index contributed by atoms with van der Waals surface area (Å²) < 4.78 is 0. The van der Waals surface area contributed by atoms with Gasteiger partial charge in [0.2, 0.25) is 0 Å². The van der Waals surface area contributed by atoms with Crippen LogP contribution in [0, 0.1) is 11.8 Å². The van der Waals surface area contributed by atoms with Crippen LogP contribution in [0.2, 0.25) is 0 Å². The Morgan fingerprint density at radius 3 is 1.80 bits per heavy atom. The molecule has 1 aliphatic carbocycles. The molecule has 0 bridgehead atoms. The molecule has 0 aromatic rings. The molecule has 0 heterocycles. The van der Waals surface area contributed by atoms with Crippen molar-refractivity contribution in [2.45, 2.75) is 46.0 Å². The first-order chi connectivity index (χ1) is 4.30. The van der Waals surface area contributed by atoms with Crippen LogP contribution in [0.25, 0.3) is 0 Å². The summed E-state index contributed by atoms with van der Waals surface area (Å²) in [6, 6.07) is 0. The third kappa shape index (κ3) is 3.13. The predicted molar refractivity (Wildman–Crippen MR) is 41.2 cm³/mol. The van der Waals surface area contributed by atoms with E-state index in [2.05, 4.69) is 13.8 Å². The van der Waals surface area contributed by atoms with E-state index in [0.717, 1.165) is 5.92 Å². The van der Waals surface area contributed by atoms with Gasteiger partial charge >= 0.3 is 18.9 Å². The van der Waals surface area contributed by atoms with Crippen LogP contribution in [0.3, 0.4) is 0 Å². The van der Waals surface area contributed by atoms with Crippen LogP contribution in [-0.2, 0) is 0 Å². The number of hydrogen-bond donors (Lipinski definition) is 0. The number of rotatable bonds is 1. The van der Waals surface area contributed by atoms with Crippen molar-refractivity contribution in [3.63, 3.8) is 0 Å². The summed E-state index contributed by atoms with van der Waals surface area (Å²) in [5.41, 5.74) is 0. The Kier molecular flexibility index (Phi) is 5.59. The van der Waals surface area contributed by atoms with Crippen LogP contribution in [-0.4, -0.2) is 0 Å². The average Bonchev–Trinajstić information content (AvgIpc) is 1.90. The van der Waals surface area contributed by atoms with Gasteiger partial charge in [-0.25, -0.2) is 0 Å². The van der Waals surface area contributed by atoms with E-state index in [1.54, 1.807) is 5.92 Å². The predicted octanol–water partition coefficient (Wildman–Crippen LogP) is 0.185. The van der Waals surface area contributed by atoms with Gasteiger partial charge in [-0.15, -0.1) is 0 Å². The Labute approximate surface area is 77.0 Å². The van der Waals surface area contributed by atoms with Crippen LogP contribution in [0.1, 0.15) is 46.0 Å². The number of hydrogen-bond acceptors (Lipinski definition) is 0. The van der Waals surface area contributed by atoms with Crippen LogP contribution in [0.15, 0.2) is 0 Å². The Morgan fingerprint density at radius 1 is 1.00 bits per heavy atom. The van der Waals surface area contributed by atoms with E-state index < -0.39 is 0 Å². The molecule has 1 aliphatic rings. The molecule has 0 nitrogen and oxygen atoms in total. The molecule has 0 amide bonds. The van der Waals surface area contributed by atoms with E-state index >= 15 is 0 Å². The maximum Gasteiger partial charge on any atom is 1.00 e. The molecule has 1 fully saturated rings. The zero-order valence-electron chi connectivity index (χ0n) is 7.61. The van der Waals surface area contributed by atoms with Gasteiger partial charge in [-0.05, 0) is 0 Å². The summed E-state index contributed by atoms with van der Waals surface area (Å²) in [6.45, 7) is 4.64. The quantitative estimate of drug-likeness (QED) is 0.353. The third-order valence-electron chi connectivity index (χ3n) is 2.31. The largest absolute Gasteiger partial charge is 1.00 e. The smallest absolute Gasteiger partial charge is 0.311 e. The van der Waals surface area contributed by atoms with Gasteiger partial charge in [-0.1, -0.05) is 33.1 Å². The topological polar surface area (TPSA) is 0 Å². The summed E-state index contributed by atoms with van der Waals surface area (Å²) >= 11 is 0. The van der Waals surface area contributed by atoms with Crippen LogP contribution in [0.5, 0.6) is 0 Å². The van der Waals surface area contributed by atoms with Crippen LogP contribution in [0.4, 0.5) is 0 Å².